The van der Waals surface area contributed by atoms with Crippen molar-refractivity contribution in [2.75, 3.05) is 0 Å². The molecule has 1 aromatic heterocycles. The smallest absolute Gasteiger partial charge is 0.181 e. The minimum atomic E-state index is 1.09. The fraction of sp³-hybridized carbons (Fsp3) is 0.700. The molecule has 0 radical (unpaired) electrons. The van der Waals surface area contributed by atoms with E-state index in [-0.39, 0.29) is 0 Å². The van der Waals surface area contributed by atoms with Crippen LogP contribution in [0.3, 0.4) is 0 Å². The molecule has 0 bridgehead atoms. The number of oxazole rings is 1. The van der Waals surface area contributed by atoms with Gasteiger partial charge >= 0.3 is 0 Å². The van der Waals surface area contributed by atoms with Crippen LogP contribution in [-0.2, 0) is 12.8 Å². The molecule has 0 aromatic carbocycles. The van der Waals surface area contributed by atoms with Gasteiger partial charge in [-0.05, 0) is 12.8 Å². The van der Waals surface area contributed by atoms with Gasteiger partial charge in [-0.1, -0.05) is 27.7 Å². The lowest BCUT2D eigenvalue weighted by atomic mass is 10.4. The van der Waals surface area contributed by atoms with E-state index in [0.29, 0.717) is 0 Å². The first-order valence-corrected chi connectivity index (χ1v) is 4.88. The largest absolute Gasteiger partial charge is 0.448 e. The van der Waals surface area contributed by atoms with Gasteiger partial charge in [-0.25, -0.2) is 4.98 Å². The van der Waals surface area contributed by atoms with Crippen LogP contribution >= 0.6 is 0 Å². The molecular formula is C10H19NO. The van der Waals surface area contributed by atoms with Crippen molar-refractivity contribution < 1.29 is 4.42 Å². The van der Waals surface area contributed by atoms with Crippen molar-refractivity contribution in [3.8, 4) is 0 Å². The number of aryl methyl sites for hydroxylation is 2. The second kappa shape index (κ2) is 6.89. The molecule has 0 fully saturated rings. The summed E-state index contributed by atoms with van der Waals surface area (Å²) in [6.45, 7) is 8.00. The fourth-order valence-electron chi connectivity index (χ4n) is 1.12. The molecule has 1 aromatic rings. The highest BCUT2D eigenvalue weighted by atomic mass is 16.3. The standard InChI is InChI=1S/C6H7NO.2C2H6/c1-2-5-6(3-1)8-4-7-5;2*1-2/h4H,1-3H2;2*1-2H3. The molecule has 12 heavy (non-hydrogen) atoms. The topological polar surface area (TPSA) is 26.0 Å². The number of fused-ring (bicyclic) bond motifs is 1. The van der Waals surface area contributed by atoms with E-state index in [1.165, 1.54) is 18.5 Å². The third kappa shape index (κ3) is 2.68. The van der Waals surface area contributed by atoms with E-state index in [2.05, 4.69) is 4.98 Å². The maximum Gasteiger partial charge on any atom is 0.181 e. The number of nitrogens with zero attached hydrogens (tertiary/aromatic N) is 1. The molecule has 0 spiro atoms. The Balaban J connectivity index is 0.000000269. The van der Waals surface area contributed by atoms with Crippen LogP contribution < -0.4 is 0 Å². The summed E-state index contributed by atoms with van der Waals surface area (Å²) in [7, 11) is 0. The molecule has 0 saturated carbocycles. The SMILES string of the molecule is CC.CC.c1nc2c(o1)CCC2. The van der Waals surface area contributed by atoms with Gasteiger partial charge in [0.1, 0.15) is 5.76 Å². The summed E-state index contributed by atoms with van der Waals surface area (Å²) in [5, 5.41) is 0. The van der Waals surface area contributed by atoms with E-state index in [9.17, 15) is 0 Å². The highest BCUT2D eigenvalue weighted by molar-refractivity contribution is 5.12. The molecule has 1 aliphatic rings. The predicted molar refractivity (Wildman–Crippen MR) is 51.2 cm³/mol. The van der Waals surface area contributed by atoms with Gasteiger partial charge in [0.15, 0.2) is 6.39 Å². The van der Waals surface area contributed by atoms with Crippen molar-refractivity contribution in [2.24, 2.45) is 0 Å². The Hall–Kier alpha value is -0.790. The first-order valence-electron chi connectivity index (χ1n) is 4.88. The van der Waals surface area contributed by atoms with E-state index < -0.39 is 0 Å². The van der Waals surface area contributed by atoms with Crippen LogP contribution in [-0.4, -0.2) is 4.98 Å². The number of hydrogen-bond donors (Lipinski definition) is 0. The van der Waals surface area contributed by atoms with Gasteiger partial charge in [0.05, 0.1) is 5.69 Å². The molecule has 0 atom stereocenters. The van der Waals surface area contributed by atoms with Crippen LogP contribution in [0, 0.1) is 0 Å². The summed E-state index contributed by atoms with van der Waals surface area (Å²) in [4.78, 5) is 4.03. The highest BCUT2D eigenvalue weighted by Gasteiger charge is 2.13. The zero-order valence-corrected chi connectivity index (χ0v) is 8.55. The molecule has 0 unspecified atom stereocenters. The highest BCUT2D eigenvalue weighted by Crippen LogP contribution is 2.18. The quantitative estimate of drug-likeness (QED) is 0.596. The molecule has 0 saturated heterocycles. The van der Waals surface area contributed by atoms with E-state index in [0.717, 1.165) is 18.6 Å². The average Bonchev–Trinajstić information content (AvgIpc) is 2.72. The predicted octanol–water partition coefficient (Wildman–Crippen LogP) is 3.22. The normalized spacial score (nSPS) is 12.0. The average molecular weight is 169 g/mol. The Morgan fingerprint density at radius 2 is 1.83 bits per heavy atom. The lowest BCUT2D eigenvalue weighted by Gasteiger charge is -1.76. The van der Waals surface area contributed by atoms with E-state index in [1.54, 1.807) is 0 Å². The summed E-state index contributed by atoms with van der Waals surface area (Å²) >= 11 is 0. The summed E-state index contributed by atoms with van der Waals surface area (Å²) < 4.78 is 5.06. The molecule has 0 aliphatic heterocycles. The lowest BCUT2D eigenvalue weighted by Crippen LogP contribution is -1.73. The molecule has 2 heteroatoms. The Labute approximate surface area is 75.0 Å². The summed E-state index contributed by atoms with van der Waals surface area (Å²) in [5.74, 6) is 1.10. The van der Waals surface area contributed by atoms with Crippen molar-refractivity contribution in [3.05, 3.63) is 17.8 Å². The minimum absolute atomic E-state index is 1.09. The maximum atomic E-state index is 5.06. The van der Waals surface area contributed by atoms with Crippen molar-refractivity contribution in [1.82, 2.24) is 4.98 Å². The fourth-order valence-corrected chi connectivity index (χ4v) is 1.12. The number of hydrogen-bond acceptors (Lipinski definition) is 2. The van der Waals surface area contributed by atoms with E-state index in [1.807, 2.05) is 27.7 Å². The van der Waals surface area contributed by atoms with Gasteiger partial charge in [0.25, 0.3) is 0 Å². The van der Waals surface area contributed by atoms with Gasteiger partial charge in [0.2, 0.25) is 0 Å². The van der Waals surface area contributed by atoms with E-state index >= 15 is 0 Å². The van der Waals surface area contributed by atoms with Gasteiger partial charge in [-0.2, -0.15) is 0 Å². The molecule has 1 heterocycles. The van der Waals surface area contributed by atoms with Crippen molar-refractivity contribution in [2.45, 2.75) is 47.0 Å². The lowest BCUT2D eigenvalue weighted by molar-refractivity contribution is 0.508. The molecule has 0 N–H and O–H groups in total. The zero-order chi connectivity index (χ0) is 9.40. The van der Waals surface area contributed by atoms with Crippen molar-refractivity contribution in [1.29, 1.82) is 0 Å². The van der Waals surface area contributed by atoms with Crippen LogP contribution in [0.25, 0.3) is 0 Å². The summed E-state index contributed by atoms with van der Waals surface area (Å²) in [6, 6.07) is 0. The number of rotatable bonds is 0. The molecular weight excluding hydrogens is 150 g/mol. The van der Waals surface area contributed by atoms with Crippen LogP contribution in [0.1, 0.15) is 45.6 Å². The maximum absolute atomic E-state index is 5.06. The molecule has 2 rings (SSSR count). The molecule has 1 aliphatic carbocycles. The third-order valence-corrected chi connectivity index (χ3v) is 1.54. The third-order valence-electron chi connectivity index (χ3n) is 1.54. The van der Waals surface area contributed by atoms with Gasteiger partial charge in [0, 0.05) is 6.42 Å². The van der Waals surface area contributed by atoms with Crippen LogP contribution in [0.15, 0.2) is 10.8 Å². The molecule has 2 nitrogen and oxygen atoms in total. The second-order valence-electron chi connectivity index (χ2n) is 2.08. The van der Waals surface area contributed by atoms with Crippen LogP contribution in [0.4, 0.5) is 0 Å². The minimum Gasteiger partial charge on any atom is -0.448 e. The monoisotopic (exact) mass is 169 g/mol. The summed E-state index contributed by atoms with van der Waals surface area (Å²) in [6.07, 6.45) is 4.97. The summed E-state index contributed by atoms with van der Waals surface area (Å²) in [5.41, 5.74) is 1.17. The van der Waals surface area contributed by atoms with Gasteiger partial charge < -0.3 is 4.42 Å². The number of aromatic nitrogens is 1. The van der Waals surface area contributed by atoms with Gasteiger partial charge in [-0.3, -0.25) is 0 Å². The Morgan fingerprint density at radius 1 is 1.17 bits per heavy atom. The Morgan fingerprint density at radius 3 is 2.42 bits per heavy atom. The molecule has 0 amide bonds. The van der Waals surface area contributed by atoms with Crippen LogP contribution in [0.2, 0.25) is 0 Å². The zero-order valence-electron chi connectivity index (χ0n) is 8.55. The van der Waals surface area contributed by atoms with Crippen molar-refractivity contribution >= 4 is 0 Å². The van der Waals surface area contributed by atoms with Crippen molar-refractivity contribution in [3.63, 3.8) is 0 Å². The van der Waals surface area contributed by atoms with Gasteiger partial charge in [-0.15, -0.1) is 0 Å². The Bertz CT molecular complexity index is 175. The molecule has 70 valence electrons. The first-order chi connectivity index (χ1) is 5.97. The first kappa shape index (κ1) is 11.2. The second-order valence-corrected chi connectivity index (χ2v) is 2.08. The van der Waals surface area contributed by atoms with Crippen LogP contribution in [0.5, 0.6) is 0 Å². The Kier molecular flexibility index (Phi) is 6.44. The van der Waals surface area contributed by atoms with E-state index in [4.69, 9.17) is 4.42 Å².